The Balaban J connectivity index is 1.68. The monoisotopic (exact) mass is 227 g/mol. The summed E-state index contributed by atoms with van der Waals surface area (Å²) >= 11 is 3.88. The lowest BCUT2D eigenvalue weighted by atomic mass is 10.1. The summed E-state index contributed by atoms with van der Waals surface area (Å²) in [6.45, 7) is 3.46. The van der Waals surface area contributed by atoms with Crippen LogP contribution in [0.1, 0.15) is 18.9 Å². The van der Waals surface area contributed by atoms with Gasteiger partial charge in [-0.2, -0.15) is 23.1 Å². The predicted molar refractivity (Wildman–Crippen MR) is 66.4 cm³/mol. The lowest BCUT2D eigenvalue weighted by Crippen LogP contribution is -2.34. The van der Waals surface area contributed by atoms with Gasteiger partial charge in [-0.25, -0.2) is 0 Å². The Labute approximate surface area is 94.3 Å². The molecule has 1 aliphatic heterocycles. The second kappa shape index (κ2) is 5.19. The Morgan fingerprint density at radius 2 is 2.50 bits per heavy atom. The summed E-state index contributed by atoms with van der Waals surface area (Å²) in [4.78, 5) is 0. The first kappa shape index (κ1) is 10.5. The Morgan fingerprint density at radius 1 is 1.57 bits per heavy atom. The normalized spacial score (nSPS) is 26.9. The van der Waals surface area contributed by atoms with Crippen LogP contribution in [-0.4, -0.2) is 23.6 Å². The van der Waals surface area contributed by atoms with E-state index in [0.29, 0.717) is 0 Å². The predicted octanol–water partition coefficient (Wildman–Crippen LogP) is 2.77. The molecule has 14 heavy (non-hydrogen) atoms. The molecule has 1 fully saturated rings. The highest BCUT2D eigenvalue weighted by atomic mass is 32.2. The van der Waals surface area contributed by atoms with Gasteiger partial charge in [0.15, 0.2) is 0 Å². The summed E-state index contributed by atoms with van der Waals surface area (Å²) in [7, 11) is 0. The van der Waals surface area contributed by atoms with E-state index < -0.39 is 0 Å². The van der Waals surface area contributed by atoms with Crippen molar-refractivity contribution >= 4 is 23.1 Å². The highest BCUT2D eigenvalue weighted by Gasteiger charge is 2.22. The van der Waals surface area contributed by atoms with Crippen LogP contribution in [0.15, 0.2) is 16.8 Å². The lowest BCUT2D eigenvalue weighted by Gasteiger charge is -2.15. The number of thioether (sulfide) groups is 1. The van der Waals surface area contributed by atoms with Gasteiger partial charge in [-0.3, -0.25) is 0 Å². The minimum atomic E-state index is 0.749. The standard InChI is InChI=1S/C11H17NS2/c1-9-11(4-7-14-9)12-5-2-10-3-6-13-8-10/h3,6,8-9,11-12H,2,4-5,7H2,1H3. The third-order valence-corrected chi connectivity index (χ3v) is 4.83. The van der Waals surface area contributed by atoms with Crippen LogP contribution in [-0.2, 0) is 6.42 Å². The third-order valence-electron chi connectivity index (χ3n) is 2.78. The first-order valence-corrected chi connectivity index (χ1v) is 7.21. The molecule has 1 N–H and O–H groups in total. The highest BCUT2D eigenvalue weighted by Crippen LogP contribution is 2.25. The molecule has 2 atom stereocenters. The van der Waals surface area contributed by atoms with E-state index in [1.165, 1.54) is 24.2 Å². The van der Waals surface area contributed by atoms with Crippen LogP contribution in [0.3, 0.4) is 0 Å². The molecule has 2 rings (SSSR count). The van der Waals surface area contributed by atoms with Crippen LogP contribution < -0.4 is 5.32 Å². The first-order chi connectivity index (χ1) is 6.86. The zero-order valence-electron chi connectivity index (χ0n) is 8.53. The van der Waals surface area contributed by atoms with Gasteiger partial charge < -0.3 is 5.32 Å². The minimum absolute atomic E-state index is 0.749. The quantitative estimate of drug-likeness (QED) is 0.849. The van der Waals surface area contributed by atoms with Gasteiger partial charge in [0.1, 0.15) is 0 Å². The second-order valence-corrected chi connectivity index (χ2v) is 6.07. The van der Waals surface area contributed by atoms with E-state index in [0.717, 1.165) is 17.8 Å². The van der Waals surface area contributed by atoms with Crippen LogP contribution in [0.2, 0.25) is 0 Å². The first-order valence-electron chi connectivity index (χ1n) is 5.22. The van der Waals surface area contributed by atoms with Crippen molar-refractivity contribution in [1.29, 1.82) is 0 Å². The van der Waals surface area contributed by atoms with E-state index in [4.69, 9.17) is 0 Å². The van der Waals surface area contributed by atoms with Gasteiger partial charge in [-0.1, -0.05) is 6.92 Å². The molecule has 0 saturated carbocycles. The van der Waals surface area contributed by atoms with Gasteiger partial charge in [-0.05, 0) is 47.5 Å². The van der Waals surface area contributed by atoms with Crippen molar-refractivity contribution < 1.29 is 0 Å². The molecule has 0 bridgehead atoms. The van der Waals surface area contributed by atoms with Crippen molar-refractivity contribution in [2.45, 2.75) is 31.1 Å². The van der Waals surface area contributed by atoms with Crippen molar-refractivity contribution in [1.82, 2.24) is 5.32 Å². The molecule has 78 valence electrons. The van der Waals surface area contributed by atoms with E-state index in [1.807, 2.05) is 0 Å². The maximum absolute atomic E-state index is 3.65. The van der Waals surface area contributed by atoms with Crippen molar-refractivity contribution in [3.63, 3.8) is 0 Å². The number of hydrogen-bond acceptors (Lipinski definition) is 3. The van der Waals surface area contributed by atoms with E-state index in [1.54, 1.807) is 11.3 Å². The fraction of sp³-hybridized carbons (Fsp3) is 0.636. The summed E-state index contributed by atoms with van der Waals surface area (Å²) in [6.07, 6.45) is 2.52. The minimum Gasteiger partial charge on any atom is -0.313 e. The number of hydrogen-bond donors (Lipinski definition) is 1. The fourth-order valence-corrected chi connectivity index (χ4v) is 3.77. The Hall–Kier alpha value is 0.01000. The molecule has 2 heterocycles. The fourth-order valence-electron chi connectivity index (χ4n) is 1.84. The SMILES string of the molecule is CC1SCCC1NCCc1ccsc1. The lowest BCUT2D eigenvalue weighted by molar-refractivity contribution is 0.516. The van der Waals surface area contributed by atoms with Crippen molar-refractivity contribution in [2.24, 2.45) is 0 Å². The van der Waals surface area contributed by atoms with Gasteiger partial charge in [0.05, 0.1) is 0 Å². The zero-order valence-corrected chi connectivity index (χ0v) is 10.2. The smallest absolute Gasteiger partial charge is 0.0191 e. The Bertz CT molecular complexity index is 258. The van der Waals surface area contributed by atoms with Crippen molar-refractivity contribution in [3.8, 4) is 0 Å². The average Bonchev–Trinajstić information content (AvgIpc) is 2.78. The van der Waals surface area contributed by atoms with Gasteiger partial charge in [0.25, 0.3) is 0 Å². The van der Waals surface area contributed by atoms with Gasteiger partial charge >= 0.3 is 0 Å². The molecule has 0 spiro atoms. The molecule has 0 aliphatic carbocycles. The maximum atomic E-state index is 3.65. The molecule has 1 aliphatic rings. The molecule has 1 nitrogen and oxygen atoms in total. The summed E-state index contributed by atoms with van der Waals surface area (Å²) in [5, 5.41) is 8.86. The summed E-state index contributed by atoms with van der Waals surface area (Å²) in [5.74, 6) is 1.33. The van der Waals surface area contributed by atoms with Crippen molar-refractivity contribution in [3.05, 3.63) is 22.4 Å². The summed E-state index contributed by atoms with van der Waals surface area (Å²) < 4.78 is 0. The van der Waals surface area contributed by atoms with Gasteiger partial charge in [0.2, 0.25) is 0 Å². The number of thiophene rings is 1. The molecular weight excluding hydrogens is 210 g/mol. The Kier molecular flexibility index (Phi) is 3.90. The molecule has 0 aromatic carbocycles. The maximum Gasteiger partial charge on any atom is 0.0191 e. The van der Waals surface area contributed by atoms with E-state index in [-0.39, 0.29) is 0 Å². The molecule has 0 amide bonds. The molecule has 3 heteroatoms. The highest BCUT2D eigenvalue weighted by molar-refractivity contribution is 8.00. The molecule has 0 radical (unpaired) electrons. The average molecular weight is 227 g/mol. The van der Waals surface area contributed by atoms with Gasteiger partial charge in [-0.15, -0.1) is 0 Å². The second-order valence-electron chi connectivity index (χ2n) is 3.81. The number of nitrogens with one attached hydrogen (secondary N) is 1. The molecule has 1 saturated heterocycles. The van der Waals surface area contributed by atoms with Crippen LogP contribution >= 0.6 is 23.1 Å². The summed E-state index contributed by atoms with van der Waals surface area (Å²) in [6, 6.07) is 2.97. The van der Waals surface area contributed by atoms with E-state index >= 15 is 0 Å². The molecule has 1 aromatic heterocycles. The topological polar surface area (TPSA) is 12.0 Å². The number of rotatable bonds is 4. The van der Waals surface area contributed by atoms with Crippen LogP contribution in [0, 0.1) is 0 Å². The largest absolute Gasteiger partial charge is 0.313 e. The molecule has 2 unspecified atom stereocenters. The summed E-state index contributed by atoms with van der Waals surface area (Å²) in [5.41, 5.74) is 1.47. The van der Waals surface area contributed by atoms with Crippen molar-refractivity contribution in [2.75, 3.05) is 12.3 Å². The molecule has 1 aromatic rings. The van der Waals surface area contributed by atoms with E-state index in [9.17, 15) is 0 Å². The third kappa shape index (κ3) is 2.75. The van der Waals surface area contributed by atoms with Crippen LogP contribution in [0.4, 0.5) is 0 Å². The van der Waals surface area contributed by atoms with Crippen LogP contribution in [0.25, 0.3) is 0 Å². The Morgan fingerprint density at radius 3 is 3.14 bits per heavy atom. The van der Waals surface area contributed by atoms with Gasteiger partial charge in [0, 0.05) is 11.3 Å². The van der Waals surface area contributed by atoms with E-state index in [2.05, 4.69) is 40.8 Å². The zero-order chi connectivity index (χ0) is 9.80. The molecular formula is C11H17NS2. The van der Waals surface area contributed by atoms with Crippen LogP contribution in [0.5, 0.6) is 0 Å².